The summed E-state index contributed by atoms with van der Waals surface area (Å²) in [7, 11) is 0. The number of nitrogens with zero attached hydrogens (tertiary/aromatic N) is 3. The van der Waals surface area contributed by atoms with Crippen LogP contribution in [0.25, 0.3) is 11.0 Å². The Morgan fingerprint density at radius 3 is 2.88 bits per heavy atom. The number of aryl methyl sites for hydroxylation is 1. The molecule has 24 heavy (non-hydrogen) atoms. The number of aromatic amines is 1. The van der Waals surface area contributed by atoms with Gasteiger partial charge in [0.25, 0.3) is 5.91 Å². The maximum absolute atomic E-state index is 12.3. The molecule has 3 rings (SSSR count). The molecule has 7 heteroatoms. The Hall–Kier alpha value is -2.96. The van der Waals surface area contributed by atoms with E-state index in [0.29, 0.717) is 11.6 Å². The van der Waals surface area contributed by atoms with Crippen molar-refractivity contribution < 1.29 is 4.79 Å². The lowest BCUT2D eigenvalue weighted by Crippen LogP contribution is -2.33. The zero-order chi connectivity index (χ0) is 16.9. The third-order valence-electron chi connectivity index (χ3n) is 3.78. The third-order valence-corrected chi connectivity index (χ3v) is 3.78. The predicted octanol–water partition coefficient (Wildman–Crippen LogP) is 2.08. The van der Waals surface area contributed by atoms with E-state index in [9.17, 15) is 4.79 Å². The highest BCUT2D eigenvalue weighted by atomic mass is 16.2. The summed E-state index contributed by atoms with van der Waals surface area (Å²) in [6.07, 6.45) is 5.80. The molecule has 1 aromatic carbocycles. The van der Waals surface area contributed by atoms with Gasteiger partial charge in [-0.1, -0.05) is 12.1 Å². The summed E-state index contributed by atoms with van der Waals surface area (Å²) in [6, 6.07) is 7.63. The van der Waals surface area contributed by atoms with Gasteiger partial charge in [-0.15, -0.1) is 0 Å². The van der Waals surface area contributed by atoms with Gasteiger partial charge in [0.15, 0.2) is 5.82 Å². The summed E-state index contributed by atoms with van der Waals surface area (Å²) in [5.74, 6) is 0.573. The molecule has 1 amide bonds. The summed E-state index contributed by atoms with van der Waals surface area (Å²) >= 11 is 0. The topological polar surface area (TPSA) is 110 Å². The smallest absolute Gasteiger partial charge is 0.287 e. The number of para-hydroxylation sites is 2. The Morgan fingerprint density at radius 2 is 2.12 bits per heavy atom. The van der Waals surface area contributed by atoms with E-state index in [1.165, 1.54) is 0 Å². The lowest BCUT2D eigenvalue weighted by Gasteiger charge is -2.12. The number of H-pyrrole nitrogens is 1. The number of carbonyl (C=O) groups is 1. The molecule has 0 saturated carbocycles. The van der Waals surface area contributed by atoms with E-state index in [0.717, 1.165) is 36.0 Å². The van der Waals surface area contributed by atoms with Crippen LogP contribution in [0.4, 0.5) is 5.82 Å². The van der Waals surface area contributed by atoms with Crippen LogP contribution in [0.5, 0.6) is 0 Å². The molecule has 0 aliphatic heterocycles. The number of fused-ring (bicyclic) bond motifs is 1. The quantitative estimate of drug-likeness (QED) is 0.643. The molecule has 0 unspecified atom stereocenters. The highest BCUT2D eigenvalue weighted by Crippen LogP contribution is 2.11. The second-order valence-corrected chi connectivity index (χ2v) is 5.80. The lowest BCUT2D eigenvalue weighted by atomic mass is 10.1. The number of hydrogen-bond acceptors (Lipinski definition) is 5. The number of carbonyl (C=O) groups excluding carboxylic acids is 1. The van der Waals surface area contributed by atoms with Crippen molar-refractivity contribution in [1.29, 1.82) is 0 Å². The Morgan fingerprint density at radius 1 is 1.29 bits per heavy atom. The molecule has 2 heterocycles. The van der Waals surface area contributed by atoms with Crippen LogP contribution in [0.15, 0.2) is 36.7 Å². The molecule has 3 aromatic rings. The monoisotopic (exact) mass is 324 g/mol. The van der Waals surface area contributed by atoms with Gasteiger partial charge in [-0.25, -0.2) is 9.97 Å². The molecule has 0 aliphatic rings. The largest absolute Gasteiger partial charge is 0.382 e. The van der Waals surface area contributed by atoms with Gasteiger partial charge in [-0.05, 0) is 38.3 Å². The minimum Gasteiger partial charge on any atom is -0.382 e. The molecular weight excluding hydrogens is 304 g/mol. The van der Waals surface area contributed by atoms with Gasteiger partial charge in [0.05, 0.1) is 29.1 Å². The number of nitrogen functional groups attached to an aromatic ring is 1. The first-order valence-corrected chi connectivity index (χ1v) is 7.94. The number of aromatic nitrogens is 4. The van der Waals surface area contributed by atoms with Gasteiger partial charge >= 0.3 is 0 Å². The first-order chi connectivity index (χ1) is 11.6. The summed E-state index contributed by atoms with van der Waals surface area (Å²) in [5.41, 5.74) is 8.06. The van der Waals surface area contributed by atoms with E-state index in [4.69, 9.17) is 5.73 Å². The van der Waals surface area contributed by atoms with Crippen molar-refractivity contribution in [2.45, 2.75) is 32.2 Å². The van der Waals surface area contributed by atoms with E-state index in [-0.39, 0.29) is 11.9 Å². The number of benzene rings is 1. The van der Waals surface area contributed by atoms with Crippen LogP contribution in [-0.4, -0.2) is 31.9 Å². The van der Waals surface area contributed by atoms with Gasteiger partial charge in [0.1, 0.15) is 5.82 Å². The van der Waals surface area contributed by atoms with Gasteiger partial charge < -0.3 is 16.0 Å². The van der Waals surface area contributed by atoms with Gasteiger partial charge in [-0.2, -0.15) is 0 Å². The number of rotatable bonds is 6. The summed E-state index contributed by atoms with van der Waals surface area (Å²) in [5, 5.41) is 2.96. The summed E-state index contributed by atoms with van der Waals surface area (Å²) in [4.78, 5) is 27.8. The Kier molecular flexibility index (Phi) is 4.69. The van der Waals surface area contributed by atoms with Crippen molar-refractivity contribution in [3.63, 3.8) is 0 Å². The van der Waals surface area contributed by atoms with Crippen molar-refractivity contribution in [3.05, 3.63) is 48.2 Å². The maximum Gasteiger partial charge on any atom is 0.287 e. The third kappa shape index (κ3) is 3.87. The lowest BCUT2D eigenvalue weighted by molar-refractivity contribution is 0.0929. The molecule has 0 radical (unpaired) electrons. The normalized spacial score (nSPS) is 12.2. The number of nitrogens with two attached hydrogens (primary N) is 1. The molecule has 1 atom stereocenters. The Balaban J connectivity index is 1.49. The van der Waals surface area contributed by atoms with Crippen LogP contribution in [0, 0.1) is 0 Å². The SMILES string of the molecule is C[C@@H](CCCc1cnc(N)cn1)NC(=O)c1nc2ccccc2[nH]1. The highest BCUT2D eigenvalue weighted by molar-refractivity contribution is 5.94. The summed E-state index contributed by atoms with van der Waals surface area (Å²) < 4.78 is 0. The average molecular weight is 324 g/mol. The van der Waals surface area contributed by atoms with E-state index in [2.05, 4.69) is 25.3 Å². The standard InChI is InChI=1S/C17H20N6O/c1-11(5-4-6-12-9-20-15(18)10-19-12)21-17(24)16-22-13-7-2-3-8-14(13)23-16/h2-3,7-11H,4-6H2,1H3,(H2,18,20)(H,21,24)(H,22,23)/t11-/m0/s1. The average Bonchev–Trinajstić information content (AvgIpc) is 3.01. The van der Waals surface area contributed by atoms with Crippen LogP contribution in [0.2, 0.25) is 0 Å². The molecule has 2 aromatic heterocycles. The first-order valence-electron chi connectivity index (χ1n) is 7.94. The number of amides is 1. The number of nitrogens with one attached hydrogen (secondary N) is 2. The summed E-state index contributed by atoms with van der Waals surface area (Å²) in [6.45, 7) is 1.98. The van der Waals surface area contributed by atoms with E-state index in [1.807, 2.05) is 31.2 Å². The van der Waals surface area contributed by atoms with Crippen molar-refractivity contribution >= 4 is 22.8 Å². The number of anilines is 1. The predicted molar refractivity (Wildman–Crippen MR) is 92.4 cm³/mol. The van der Waals surface area contributed by atoms with E-state index in [1.54, 1.807) is 12.4 Å². The minimum atomic E-state index is -0.189. The van der Waals surface area contributed by atoms with Crippen LogP contribution >= 0.6 is 0 Å². The zero-order valence-corrected chi connectivity index (χ0v) is 13.5. The molecule has 0 bridgehead atoms. The maximum atomic E-state index is 12.3. The molecule has 124 valence electrons. The Labute approximate surface area is 139 Å². The van der Waals surface area contributed by atoms with Crippen LogP contribution < -0.4 is 11.1 Å². The highest BCUT2D eigenvalue weighted by Gasteiger charge is 2.13. The van der Waals surface area contributed by atoms with Gasteiger partial charge in [0, 0.05) is 6.04 Å². The molecule has 0 fully saturated rings. The second-order valence-electron chi connectivity index (χ2n) is 5.80. The van der Waals surface area contributed by atoms with Crippen molar-refractivity contribution in [3.8, 4) is 0 Å². The fourth-order valence-electron chi connectivity index (χ4n) is 2.51. The van der Waals surface area contributed by atoms with Crippen LogP contribution in [-0.2, 0) is 6.42 Å². The van der Waals surface area contributed by atoms with Crippen LogP contribution in [0.1, 0.15) is 36.1 Å². The van der Waals surface area contributed by atoms with Gasteiger partial charge in [0.2, 0.25) is 0 Å². The zero-order valence-electron chi connectivity index (χ0n) is 13.5. The fourth-order valence-corrected chi connectivity index (χ4v) is 2.51. The van der Waals surface area contributed by atoms with E-state index < -0.39 is 0 Å². The number of hydrogen-bond donors (Lipinski definition) is 3. The van der Waals surface area contributed by atoms with E-state index >= 15 is 0 Å². The number of imidazole rings is 1. The Bertz CT molecular complexity index is 793. The van der Waals surface area contributed by atoms with Crippen LogP contribution in [0.3, 0.4) is 0 Å². The first kappa shape index (κ1) is 15.9. The molecule has 4 N–H and O–H groups in total. The molecule has 0 saturated heterocycles. The van der Waals surface area contributed by atoms with Crippen molar-refractivity contribution in [2.75, 3.05) is 5.73 Å². The van der Waals surface area contributed by atoms with Crippen molar-refractivity contribution in [1.82, 2.24) is 25.3 Å². The minimum absolute atomic E-state index is 0.0486. The fraction of sp³-hybridized carbons (Fsp3) is 0.294. The van der Waals surface area contributed by atoms with Gasteiger partial charge in [-0.3, -0.25) is 9.78 Å². The molecule has 0 aliphatic carbocycles. The molecule has 0 spiro atoms. The van der Waals surface area contributed by atoms with Crippen molar-refractivity contribution in [2.24, 2.45) is 0 Å². The molecular formula is C17H20N6O. The molecule has 7 nitrogen and oxygen atoms in total. The second kappa shape index (κ2) is 7.08.